The molecule has 0 radical (unpaired) electrons. The van der Waals surface area contributed by atoms with E-state index in [4.69, 9.17) is 4.42 Å². The van der Waals surface area contributed by atoms with Crippen LogP contribution in [0.15, 0.2) is 41.1 Å². The first kappa shape index (κ1) is 20.8. The fourth-order valence-electron chi connectivity index (χ4n) is 3.42. The van der Waals surface area contributed by atoms with Crippen LogP contribution in [0.5, 0.6) is 11.6 Å². The molecule has 8 nitrogen and oxygen atoms in total. The van der Waals surface area contributed by atoms with Crippen molar-refractivity contribution in [1.29, 1.82) is 0 Å². The van der Waals surface area contributed by atoms with E-state index in [1.165, 1.54) is 19.4 Å². The number of alkyl halides is 3. The van der Waals surface area contributed by atoms with Crippen molar-refractivity contribution in [3.8, 4) is 11.6 Å². The highest BCUT2D eigenvalue weighted by Crippen LogP contribution is 2.46. The van der Waals surface area contributed by atoms with Crippen LogP contribution in [0.1, 0.15) is 11.5 Å². The fourth-order valence-corrected chi connectivity index (χ4v) is 3.94. The molecule has 4 rings (SSSR count). The highest BCUT2D eigenvalue weighted by Gasteiger charge is 2.35. The molecule has 0 aliphatic carbocycles. The molecule has 164 valence electrons. The van der Waals surface area contributed by atoms with Gasteiger partial charge in [0.25, 0.3) is 0 Å². The number of fused-ring (bicyclic) bond motifs is 2. The number of hydrogen-bond acceptors (Lipinski definition) is 6. The highest BCUT2D eigenvalue weighted by atomic mass is 32.2. The van der Waals surface area contributed by atoms with Crippen LogP contribution in [0.3, 0.4) is 0 Å². The summed E-state index contributed by atoms with van der Waals surface area (Å²) in [5, 5.41) is 21.8. The summed E-state index contributed by atoms with van der Waals surface area (Å²) in [6, 6.07) is 5.02. The lowest BCUT2D eigenvalue weighted by molar-refractivity contribution is -0.153. The third kappa shape index (κ3) is 3.42. The molecule has 31 heavy (non-hydrogen) atoms. The Balaban J connectivity index is 1.97. The summed E-state index contributed by atoms with van der Waals surface area (Å²) in [4.78, 5) is 4.09. The Bertz CT molecular complexity index is 1420. The van der Waals surface area contributed by atoms with Gasteiger partial charge in [0.05, 0.1) is 23.9 Å². The van der Waals surface area contributed by atoms with Gasteiger partial charge in [0.2, 0.25) is 21.7 Å². The third-order valence-electron chi connectivity index (χ3n) is 4.91. The Morgan fingerprint density at radius 2 is 1.90 bits per heavy atom. The van der Waals surface area contributed by atoms with E-state index in [1.54, 1.807) is 12.1 Å². The van der Waals surface area contributed by atoms with Crippen LogP contribution in [0.2, 0.25) is 0 Å². The third-order valence-corrected chi connectivity index (χ3v) is 6.09. The van der Waals surface area contributed by atoms with E-state index in [0.717, 1.165) is 27.3 Å². The van der Waals surface area contributed by atoms with E-state index in [2.05, 4.69) is 4.98 Å². The second-order valence-corrected chi connectivity index (χ2v) is 8.97. The van der Waals surface area contributed by atoms with Gasteiger partial charge in [-0.25, -0.2) is 8.42 Å². The van der Waals surface area contributed by atoms with Gasteiger partial charge in [0.15, 0.2) is 5.75 Å². The van der Waals surface area contributed by atoms with Gasteiger partial charge in [-0.3, -0.25) is 9.29 Å². The molecule has 0 fully saturated rings. The molecule has 0 aliphatic heterocycles. The van der Waals surface area contributed by atoms with Crippen molar-refractivity contribution in [2.45, 2.75) is 12.7 Å². The number of aromatic nitrogens is 2. The maximum atomic E-state index is 12.8. The maximum absolute atomic E-state index is 12.8. The summed E-state index contributed by atoms with van der Waals surface area (Å²) in [6.45, 7) is -0.290. The molecule has 2 N–H and O–H groups in total. The zero-order chi connectivity index (χ0) is 22.7. The van der Waals surface area contributed by atoms with Crippen LogP contribution in [0, 0.1) is 0 Å². The number of sulfonamides is 1. The maximum Gasteiger partial charge on any atom is 0.449 e. The summed E-state index contributed by atoms with van der Waals surface area (Å²) in [5.41, 5.74) is 0.216. The number of aromatic hydroxyl groups is 2. The monoisotopic (exact) mass is 455 g/mol. The first-order chi connectivity index (χ1) is 14.4. The van der Waals surface area contributed by atoms with E-state index < -0.39 is 27.8 Å². The van der Waals surface area contributed by atoms with Crippen molar-refractivity contribution >= 4 is 37.4 Å². The molecule has 12 heteroatoms. The molecule has 0 spiro atoms. The normalized spacial score (nSPS) is 12.7. The average Bonchev–Trinajstić information content (AvgIpc) is 3.27. The molecule has 0 atom stereocenters. The number of halogens is 3. The highest BCUT2D eigenvalue weighted by molar-refractivity contribution is 7.92. The molecule has 0 amide bonds. The number of furan rings is 1. The van der Waals surface area contributed by atoms with Crippen molar-refractivity contribution < 1.29 is 36.2 Å². The molecule has 4 aromatic rings. The van der Waals surface area contributed by atoms with Crippen LogP contribution < -0.4 is 4.31 Å². The molecule has 0 bridgehead atoms. The summed E-state index contributed by atoms with van der Waals surface area (Å²) in [5.74, 6) is -2.15. The van der Waals surface area contributed by atoms with Crippen molar-refractivity contribution in [2.75, 3.05) is 17.6 Å². The Labute approximate surface area is 173 Å². The van der Waals surface area contributed by atoms with E-state index in [9.17, 15) is 31.8 Å². The van der Waals surface area contributed by atoms with Crippen molar-refractivity contribution in [2.24, 2.45) is 0 Å². The largest absolute Gasteiger partial charge is 0.505 e. The lowest BCUT2D eigenvalue weighted by Gasteiger charge is -2.20. The number of rotatable bonds is 4. The fraction of sp³-hybridized carbons (Fsp3) is 0.211. The predicted octanol–water partition coefficient (Wildman–Crippen LogP) is 3.66. The Hall–Kier alpha value is -3.41. The number of anilines is 1. The van der Waals surface area contributed by atoms with E-state index in [1.807, 2.05) is 0 Å². The van der Waals surface area contributed by atoms with E-state index >= 15 is 0 Å². The SMILES string of the molecule is CN(c1c2cccnc2c(O)c2c(O)n(Cc3ccc(C(F)(F)F)o3)cc12)S(C)(=O)=O. The summed E-state index contributed by atoms with van der Waals surface area (Å²) in [6.07, 6.45) is -0.932. The number of pyridine rings is 1. The molecule has 0 saturated heterocycles. The van der Waals surface area contributed by atoms with Gasteiger partial charge in [-0.05, 0) is 24.3 Å². The van der Waals surface area contributed by atoms with Crippen LogP contribution in [-0.4, -0.2) is 41.5 Å². The number of phenols is 1. The van der Waals surface area contributed by atoms with Gasteiger partial charge in [0, 0.05) is 30.2 Å². The molecule has 0 unspecified atom stereocenters. The number of phenolic OH excluding ortho intramolecular Hbond substituents is 1. The topological polar surface area (TPSA) is 109 Å². The van der Waals surface area contributed by atoms with Crippen molar-refractivity contribution in [1.82, 2.24) is 9.55 Å². The van der Waals surface area contributed by atoms with Crippen molar-refractivity contribution in [3.63, 3.8) is 0 Å². The molecule has 1 aromatic carbocycles. The summed E-state index contributed by atoms with van der Waals surface area (Å²) < 4.78 is 69.8. The summed E-state index contributed by atoms with van der Waals surface area (Å²) >= 11 is 0. The van der Waals surface area contributed by atoms with Crippen molar-refractivity contribution in [3.05, 3.63) is 48.2 Å². The molecule has 0 aliphatic rings. The zero-order valence-corrected chi connectivity index (χ0v) is 17.0. The smallest absolute Gasteiger partial charge is 0.449 e. The lowest BCUT2D eigenvalue weighted by Crippen LogP contribution is -2.25. The Morgan fingerprint density at radius 3 is 2.52 bits per heavy atom. The molecule has 3 aromatic heterocycles. The zero-order valence-electron chi connectivity index (χ0n) is 16.2. The van der Waals surface area contributed by atoms with Crippen LogP contribution in [-0.2, 0) is 22.7 Å². The van der Waals surface area contributed by atoms with Gasteiger partial charge >= 0.3 is 6.18 Å². The Kier molecular flexibility index (Phi) is 4.58. The van der Waals surface area contributed by atoms with Gasteiger partial charge in [0.1, 0.15) is 11.3 Å². The van der Waals surface area contributed by atoms with Gasteiger partial charge in [-0.15, -0.1) is 0 Å². The summed E-state index contributed by atoms with van der Waals surface area (Å²) in [7, 11) is -2.43. The van der Waals surface area contributed by atoms with Crippen LogP contribution >= 0.6 is 0 Å². The first-order valence-electron chi connectivity index (χ1n) is 8.81. The first-order valence-corrected chi connectivity index (χ1v) is 10.7. The van der Waals surface area contributed by atoms with Crippen LogP contribution in [0.25, 0.3) is 21.7 Å². The number of nitrogens with zero attached hydrogens (tertiary/aromatic N) is 3. The molecular formula is C19H16F3N3O5S. The van der Waals surface area contributed by atoms with Crippen LogP contribution in [0.4, 0.5) is 18.9 Å². The molecule has 0 saturated carbocycles. The predicted molar refractivity (Wildman–Crippen MR) is 107 cm³/mol. The minimum absolute atomic E-state index is 0.0610. The van der Waals surface area contributed by atoms with E-state index in [-0.39, 0.29) is 40.0 Å². The second-order valence-electron chi connectivity index (χ2n) is 6.96. The standard InChI is InChI=1S/C19H16F3N3O5S/c1-24(31(2,28)29)16-11-4-3-7-23-15(11)17(26)14-12(16)9-25(18(14)27)8-10-5-6-13(30-10)19(20,21)22/h3-7,9,26-27H,8H2,1-2H3. The van der Waals surface area contributed by atoms with E-state index in [0.29, 0.717) is 5.39 Å². The van der Waals surface area contributed by atoms with Gasteiger partial charge in [-0.2, -0.15) is 13.2 Å². The molecular weight excluding hydrogens is 439 g/mol. The van der Waals surface area contributed by atoms with Gasteiger partial charge < -0.3 is 19.2 Å². The quantitative estimate of drug-likeness (QED) is 0.486. The Morgan fingerprint density at radius 1 is 1.19 bits per heavy atom. The van der Waals surface area contributed by atoms with Gasteiger partial charge in [-0.1, -0.05) is 0 Å². The lowest BCUT2D eigenvalue weighted by atomic mass is 10.1. The minimum Gasteiger partial charge on any atom is -0.505 e. The number of hydrogen-bond donors (Lipinski definition) is 2. The number of benzene rings is 1. The average molecular weight is 455 g/mol. The second kappa shape index (κ2) is 6.80. The molecule has 3 heterocycles. The minimum atomic E-state index is -4.66.